The summed E-state index contributed by atoms with van der Waals surface area (Å²) in [5.74, 6) is 1.71. The zero-order valence-electron chi connectivity index (χ0n) is 12.3. The van der Waals surface area contributed by atoms with Gasteiger partial charge in [-0.3, -0.25) is 4.79 Å². The molecule has 112 valence electrons. The predicted octanol–water partition coefficient (Wildman–Crippen LogP) is 1.99. The molecule has 6 nitrogen and oxygen atoms in total. The highest BCUT2D eigenvalue weighted by atomic mass is 16.5. The van der Waals surface area contributed by atoms with E-state index in [1.807, 2.05) is 13.0 Å². The van der Waals surface area contributed by atoms with E-state index < -0.39 is 0 Å². The molecule has 6 heteroatoms. The van der Waals surface area contributed by atoms with Gasteiger partial charge in [-0.25, -0.2) is 4.98 Å². The quantitative estimate of drug-likeness (QED) is 0.880. The van der Waals surface area contributed by atoms with E-state index in [1.165, 1.54) is 6.07 Å². The van der Waals surface area contributed by atoms with Crippen LogP contribution in [0.5, 0.6) is 11.5 Å². The average Bonchev–Trinajstić information content (AvgIpc) is 2.51. The van der Waals surface area contributed by atoms with Crippen LogP contribution in [0, 0.1) is 0 Å². The molecule has 0 unspecified atom stereocenters. The van der Waals surface area contributed by atoms with E-state index in [0.29, 0.717) is 29.6 Å². The molecule has 2 rings (SSSR count). The highest BCUT2D eigenvalue weighted by Crippen LogP contribution is 2.31. The molecule has 0 radical (unpaired) electrons. The second-order valence-electron chi connectivity index (χ2n) is 4.28. The topological polar surface area (TPSA) is 73.4 Å². The van der Waals surface area contributed by atoms with Crippen LogP contribution >= 0.6 is 0 Å². The third-order valence-corrected chi connectivity index (χ3v) is 2.91. The Kier molecular flexibility index (Phi) is 4.94. The maximum absolute atomic E-state index is 11.7. The van der Waals surface area contributed by atoms with Gasteiger partial charge in [0.1, 0.15) is 12.4 Å². The highest BCUT2D eigenvalue weighted by Gasteiger charge is 2.09. The SMILES string of the molecule is CCOCc1nc(-c2ccc(OC)c(OC)c2)cc(=O)[nH]1. The van der Waals surface area contributed by atoms with Crippen LogP contribution in [-0.4, -0.2) is 30.8 Å². The van der Waals surface area contributed by atoms with E-state index in [2.05, 4.69) is 9.97 Å². The number of methoxy groups -OCH3 is 2. The normalized spacial score (nSPS) is 10.4. The minimum absolute atomic E-state index is 0.218. The van der Waals surface area contributed by atoms with Gasteiger partial charge in [0.25, 0.3) is 5.56 Å². The second-order valence-corrected chi connectivity index (χ2v) is 4.28. The molecule has 0 fully saturated rings. The standard InChI is InChI=1S/C15H18N2O4/c1-4-21-9-14-16-11(8-15(18)17-14)10-5-6-12(19-2)13(7-10)20-3/h5-8H,4,9H2,1-3H3,(H,16,17,18). The van der Waals surface area contributed by atoms with Crippen LogP contribution in [0.3, 0.4) is 0 Å². The van der Waals surface area contributed by atoms with Gasteiger partial charge in [-0.1, -0.05) is 0 Å². The lowest BCUT2D eigenvalue weighted by molar-refractivity contribution is 0.128. The summed E-state index contributed by atoms with van der Waals surface area (Å²) in [6.07, 6.45) is 0. The minimum Gasteiger partial charge on any atom is -0.493 e. The van der Waals surface area contributed by atoms with Crippen LogP contribution in [0.2, 0.25) is 0 Å². The number of aromatic amines is 1. The summed E-state index contributed by atoms with van der Waals surface area (Å²) in [5, 5.41) is 0. The first-order valence-corrected chi connectivity index (χ1v) is 6.58. The molecule has 0 saturated carbocycles. The monoisotopic (exact) mass is 290 g/mol. The summed E-state index contributed by atoms with van der Waals surface area (Å²) < 4.78 is 15.7. The van der Waals surface area contributed by atoms with Gasteiger partial charge < -0.3 is 19.2 Å². The fourth-order valence-corrected chi connectivity index (χ4v) is 1.92. The molecule has 0 aliphatic heterocycles. The summed E-state index contributed by atoms with van der Waals surface area (Å²) in [6, 6.07) is 6.83. The van der Waals surface area contributed by atoms with Crippen LogP contribution < -0.4 is 15.0 Å². The molecular formula is C15H18N2O4. The Morgan fingerprint density at radius 2 is 1.90 bits per heavy atom. The fraction of sp³-hybridized carbons (Fsp3) is 0.333. The fourth-order valence-electron chi connectivity index (χ4n) is 1.92. The van der Waals surface area contributed by atoms with E-state index in [4.69, 9.17) is 14.2 Å². The van der Waals surface area contributed by atoms with Gasteiger partial charge in [-0.15, -0.1) is 0 Å². The number of hydrogen-bond acceptors (Lipinski definition) is 5. The van der Waals surface area contributed by atoms with Crippen molar-refractivity contribution in [1.29, 1.82) is 0 Å². The summed E-state index contributed by atoms with van der Waals surface area (Å²) in [5.41, 5.74) is 1.12. The number of ether oxygens (including phenoxy) is 3. The first-order valence-electron chi connectivity index (χ1n) is 6.58. The number of rotatable bonds is 6. The Morgan fingerprint density at radius 3 is 2.57 bits per heavy atom. The lowest BCUT2D eigenvalue weighted by Crippen LogP contribution is -2.12. The number of nitrogens with zero attached hydrogens (tertiary/aromatic N) is 1. The van der Waals surface area contributed by atoms with Crippen LogP contribution in [0.25, 0.3) is 11.3 Å². The van der Waals surface area contributed by atoms with Gasteiger partial charge in [0.2, 0.25) is 0 Å². The maximum Gasteiger partial charge on any atom is 0.251 e. The zero-order chi connectivity index (χ0) is 15.2. The lowest BCUT2D eigenvalue weighted by Gasteiger charge is -2.10. The Hall–Kier alpha value is -2.34. The smallest absolute Gasteiger partial charge is 0.251 e. The van der Waals surface area contributed by atoms with E-state index in [-0.39, 0.29) is 12.2 Å². The summed E-state index contributed by atoms with van der Waals surface area (Å²) in [4.78, 5) is 18.8. The number of aromatic nitrogens is 2. The molecule has 0 aliphatic carbocycles. The molecule has 21 heavy (non-hydrogen) atoms. The zero-order valence-corrected chi connectivity index (χ0v) is 12.3. The Bertz CT molecular complexity index is 667. The van der Waals surface area contributed by atoms with Gasteiger partial charge in [0.15, 0.2) is 11.5 Å². The molecule has 0 saturated heterocycles. The van der Waals surface area contributed by atoms with E-state index >= 15 is 0 Å². The van der Waals surface area contributed by atoms with Crippen molar-refractivity contribution < 1.29 is 14.2 Å². The molecule has 1 N–H and O–H groups in total. The largest absolute Gasteiger partial charge is 0.493 e. The Balaban J connectivity index is 2.41. The molecule has 1 heterocycles. The average molecular weight is 290 g/mol. The molecular weight excluding hydrogens is 272 g/mol. The first kappa shape index (κ1) is 15.1. The van der Waals surface area contributed by atoms with Gasteiger partial charge in [0.05, 0.1) is 19.9 Å². The Labute approximate surface area is 122 Å². The molecule has 1 aromatic heterocycles. The Morgan fingerprint density at radius 1 is 1.14 bits per heavy atom. The van der Waals surface area contributed by atoms with E-state index in [1.54, 1.807) is 26.4 Å². The van der Waals surface area contributed by atoms with Crippen molar-refractivity contribution in [3.8, 4) is 22.8 Å². The van der Waals surface area contributed by atoms with Gasteiger partial charge >= 0.3 is 0 Å². The van der Waals surface area contributed by atoms with Crippen molar-refractivity contribution in [1.82, 2.24) is 9.97 Å². The number of H-pyrrole nitrogens is 1. The molecule has 0 atom stereocenters. The molecule has 0 amide bonds. The van der Waals surface area contributed by atoms with Crippen LogP contribution in [0.1, 0.15) is 12.7 Å². The van der Waals surface area contributed by atoms with Crippen LogP contribution in [0.15, 0.2) is 29.1 Å². The summed E-state index contributed by atoms with van der Waals surface area (Å²) in [6.45, 7) is 2.72. The summed E-state index contributed by atoms with van der Waals surface area (Å²) >= 11 is 0. The van der Waals surface area contributed by atoms with E-state index in [9.17, 15) is 4.79 Å². The molecule has 0 aliphatic rings. The van der Waals surface area contributed by atoms with Crippen molar-refractivity contribution in [3.05, 3.63) is 40.4 Å². The van der Waals surface area contributed by atoms with Crippen molar-refractivity contribution in [2.75, 3.05) is 20.8 Å². The van der Waals surface area contributed by atoms with Crippen molar-refractivity contribution in [3.63, 3.8) is 0 Å². The first-order chi connectivity index (χ1) is 10.2. The second kappa shape index (κ2) is 6.90. The van der Waals surface area contributed by atoms with E-state index in [0.717, 1.165) is 5.56 Å². The number of nitrogens with one attached hydrogen (secondary N) is 1. The van der Waals surface area contributed by atoms with Gasteiger partial charge in [-0.2, -0.15) is 0 Å². The molecule has 0 bridgehead atoms. The molecule has 2 aromatic rings. The van der Waals surface area contributed by atoms with Crippen molar-refractivity contribution >= 4 is 0 Å². The van der Waals surface area contributed by atoms with Crippen LogP contribution in [-0.2, 0) is 11.3 Å². The van der Waals surface area contributed by atoms with Gasteiger partial charge in [0, 0.05) is 18.2 Å². The third-order valence-electron chi connectivity index (χ3n) is 2.91. The van der Waals surface area contributed by atoms with Crippen molar-refractivity contribution in [2.24, 2.45) is 0 Å². The highest BCUT2D eigenvalue weighted by molar-refractivity contribution is 5.63. The number of hydrogen-bond donors (Lipinski definition) is 1. The summed E-state index contributed by atoms with van der Waals surface area (Å²) in [7, 11) is 3.14. The lowest BCUT2D eigenvalue weighted by atomic mass is 10.1. The molecule has 0 spiro atoms. The predicted molar refractivity (Wildman–Crippen MR) is 78.7 cm³/mol. The van der Waals surface area contributed by atoms with Crippen molar-refractivity contribution in [2.45, 2.75) is 13.5 Å². The third kappa shape index (κ3) is 3.61. The van der Waals surface area contributed by atoms with Crippen LogP contribution in [0.4, 0.5) is 0 Å². The van der Waals surface area contributed by atoms with Gasteiger partial charge in [-0.05, 0) is 25.1 Å². The maximum atomic E-state index is 11.7. The minimum atomic E-state index is -0.218. The number of benzene rings is 1. The molecule has 1 aromatic carbocycles.